The number of nitrogen functional groups attached to an aromatic ring is 1. The summed E-state index contributed by atoms with van der Waals surface area (Å²) < 4.78 is 6.57. The van der Waals surface area contributed by atoms with Gasteiger partial charge in [0.15, 0.2) is 0 Å². The number of nitrogens with two attached hydrogens (primary N) is 1. The highest BCUT2D eigenvalue weighted by Crippen LogP contribution is 2.30. The highest BCUT2D eigenvalue weighted by atomic mass is 79.9. The molecule has 2 aromatic carbocycles. The van der Waals surface area contributed by atoms with Gasteiger partial charge in [-0.05, 0) is 52.9 Å². The van der Waals surface area contributed by atoms with Crippen LogP contribution in [0.25, 0.3) is 0 Å². The largest absolute Gasteiger partial charge is 0.492 e. The lowest BCUT2D eigenvalue weighted by molar-refractivity contribution is 0.305. The molecule has 2 aromatic rings. The van der Waals surface area contributed by atoms with Gasteiger partial charge >= 0.3 is 0 Å². The van der Waals surface area contributed by atoms with Crippen molar-refractivity contribution >= 4 is 21.6 Å². The van der Waals surface area contributed by atoms with Crippen molar-refractivity contribution in [2.75, 3.05) is 12.3 Å². The average Bonchev–Trinajstić information content (AvgIpc) is 2.44. The van der Waals surface area contributed by atoms with Crippen LogP contribution in [0, 0.1) is 0 Å². The summed E-state index contributed by atoms with van der Waals surface area (Å²) in [6.07, 6.45) is 3.27. The van der Waals surface area contributed by atoms with Gasteiger partial charge in [0.25, 0.3) is 0 Å². The van der Waals surface area contributed by atoms with Gasteiger partial charge in [-0.2, -0.15) is 0 Å². The zero-order valence-corrected chi connectivity index (χ0v) is 12.4. The first-order valence-corrected chi connectivity index (χ1v) is 7.27. The van der Waals surface area contributed by atoms with E-state index in [0.717, 1.165) is 36.1 Å². The molecule has 0 aromatic heterocycles. The van der Waals surface area contributed by atoms with Crippen molar-refractivity contribution in [3.8, 4) is 5.75 Å². The number of rotatable bonds is 6. The minimum atomic E-state index is 0.710. The van der Waals surface area contributed by atoms with Crippen LogP contribution in [0.1, 0.15) is 18.4 Å². The lowest BCUT2D eigenvalue weighted by Crippen LogP contribution is -2.00. The van der Waals surface area contributed by atoms with Gasteiger partial charge in [0, 0.05) is 5.69 Å². The minimum Gasteiger partial charge on any atom is -0.492 e. The van der Waals surface area contributed by atoms with E-state index in [9.17, 15) is 0 Å². The molecule has 0 amide bonds. The van der Waals surface area contributed by atoms with Crippen molar-refractivity contribution in [1.29, 1.82) is 0 Å². The molecule has 0 aliphatic carbocycles. The van der Waals surface area contributed by atoms with Crippen LogP contribution in [0.2, 0.25) is 0 Å². The van der Waals surface area contributed by atoms with Crippen LogP contribution in [0.15, 0.2) is 53.0 Å². The maximum Gasteiger partial charge on any atom is 0.135 e. The third kappa shape index (κ3) is 4.28. The second kappa shape index (κ2) is 7.19. The summed E-state index contributed by atoms with van der Waals surface area (Å²) in [4.78, 5) is 0. The van der Waals surface area contributed by atoms with E-state index in [2.05, 4.69) is 40.2 Å². The fraction of sp³-hybridized carbons (Fsp3) is 0.250. The number of ether oxygens (including phenoxy) is 1. The molecule has 2 rings (SSSR count). The van der Waals surface area contributed by atoms with Gasteiger partial charge in [0.1, 0.15) is 5.75 Å². The summed E-state index contributed by atoms with van der Waals surface area (Å²) >= 11 is 3.44. The Morgan fingerprint density at radius 3 is 2.53 bits per heavy atom. The van der Waals surface area contributed by atoms with E-state index in [0.29, 0.717) is 5.69 Å². The molecule has 0 spiro atoms. The van der Waals surface area contributed by atoms with Gasteiger partial charge in [-0.1, -0.05) is 36.4 Å². The second-order valence-electron chi connectivity index (χ2n) is 4.45. The zero-order chi connectivity index (χ0) is 13.5. The molecule has 2 N–H and O–H groups in total. The first-order chi connectivity index (χ1) is 9.27. The Morgan fingerprint density at radius 2 is 1.74 bits per heavy atom. The van der Waals surface area contributed by atoms with Crippen LogP contribution < -0.4 is 10.5 Å². The predicted molar refractivity (Wildman–Crippen MR) is 83.4 cm³/mol. The lowest BCUT2D eigenvalue weighted by atomic mass is 10.1. The Hall–Kier alpha value is -1.48. The summed E-state index contributed by atoms with van der Waals surface area (Å²) in [6.45, 7) is 0.717. The van der Waals surface area contributed by atoms with Gasteiger partial charge in [0.2, 0.25) is 0 Å². The molecule has 0 fully saturated rings. The Kier molecular flexibility index (Phi) is 5.28. The molecule has 0 saturated heterocycles. The molecule has 0 saturated carbocycles. The van der Waals surface area contributed by atoms with Crippen LogP contribution in [-0.2, 0) is 6.42 Å². The van der Waals surface area contributed by atoms with Crippen molar-refractivity contribution in [2.45, 2.75) is 19.3 Å². The SMILES string of the molecule is Nc1cccc(OCCCCc2ccccc2)c1Br. The van der Waals surface area contributed by atoms with E-state index < -0.39 is 0 Å². The zero-order valence-electron chi connectivity index (χ0n) is 10.8. The standard InChI is InChI=1S/C16H18BrNO/c17-16-14(18)10-6-11-15(16)19-12-5-4-9-13-7-2-1-3-8-13/h1-3,6-8,10-11H,4-5,9,12,18H2. The van der Waals surface area contributed by atoms with Crippen LogP contribution in [0.4, 0.5) is 5.69 Å². The third-order valence-electron chi connectivity index (χ3n) is 2.95. The quantitative estimate of drug-likeness (QED) is 0.631. The predicted octanol–water partition coefficient (Wildman–Crippen LogP) is 4.43. The van der Waals surface area contributed by atoms with Crippen molar-refractivity contribution in [3.63, 3.8) is 0 Å². The van der Waals surface area contributed by atoms with E-state index in [1.54, 1.807) is 0 Å². The summed E-state index contributed by atoms with van der Waals surface area (Å²) in [7, 11) is 0. The van der Waals surface area contributed by atoms with Crippen LogP contribution in [-0.4, -0.2) is 6.61 Å². The topological polar surface area (TPSA) is 35.2 Å². The number of anilines is 1. The maximum atomic E-state index is 5.80. The van der Waals surface area contributed by atoms with Crippen LogP contribution in [0.3, 0.4) is 0 Å². The van der Waals surface area contributed by atoms with Gasteiger partial charge in [-0.3, -0.25) is 0 Å². The molecular weight excluding hydrogens is 302 g/mol. The monoisotopic (exact) mass is 319 g/mol. The van der Waals surface area contributed by atoms with Gasteiger partial charge < -0.3 is 10.5 Å². The first-order valence-electron chi connectivity index (χ1n) is 6.48. The van der Waals surface area contributed by atoms with Crippen LogP contribution in [0.5, 0.6) is 5.75 Å². The van der Waals surface area contributed by atoms with E-state index in [4.69, 9.17) is 10.5 Å². The lowest BCUT2D eigenvalue weighted by Gasteiger charge is -2.09. The number of unbranched alkanes of at least 4 members (excludes halogenated alkanes) is 1. The van der Waals surface area contributed by atoms with Crippen molar-refractivity contribution < 1.29 is 4.74 Å². The molecule has 0 aliphatic heterocycles. The molecular formula is C16H18BrNO. The normalized spacial score (nSPS) is 10.4. The van der Waals surface area contributed by atoms with Gasteiger partial charge in [-0.15, -0.1) is 0 Å². The molecule has 0 unspecified atom stereocenters. The highest BCUT2D eigenvalue weighted by Gasteiger charge is 2.03. The van der Waals surface area contributed by atoms with E-state index in [-0.39, 0.29) is 0 Å². The molecule has 0 heterocycles. The molecule has 0 bridgehead atoms. The molecule has 3 heteroatoms. The molecule has 2 nitrogen and oxygen atoms in total. The minimum absolute atomic E-state index is 0.710. The summed E-state index contributed by atoms with van der Waals surface area (Å²) in [5.74, 6) is 0.819. The van der Waals surface area contributed by atoms with E-state index in [1.807, 2.05) is 24.3 Å². The Balaban J connectivity index is 1.71. The van der Waals surface area contributed by atoms with Gasteiger partial charge in [0.05, 0.1) is 11.1 Å². The highest BCUT2D eigenvalue weighted by molar-refractivity contribution is 9.10. The second-order valence-corrected chi connectivity index (χ2v) is 5.24. The van der Waals surface area contributed by atoms with E-state index in [1.165, 1.54) is 5.56 Å². The molecule has 19 heavy (non-hydrogen) atoms. The Morgan fingerprint density at radius 1 is 0.947 bits per heavy atom. The van der Waals surface area contributed by atoms with Crippen molar-refractivity contribution in [3.05, 3.63) is 58.6 Å². The Bertz CT molecular complexity index is 513. The smallest absolute Gasteiger partial charge is 0.135 e. The average molecular weight is 320 g/mol. The third-order valence-corrected chi connectivity index (χ3v) is 3.80. The maximum absolute atomic E-state index is 5.80. The summed E-state index contributed by atoms with van der Waals surface area (Å²) in [5.41, 5.74) is 7.89. The molecule has 100 valence electrons. The number of hydrogen-bond acceptors (Lipinski definition) is 2. The number of hydrogen-bond donors (Lipinski definition) is 1. The number of aryl methyl sites for hydroxylation is 1. The number of halogens is 1. The molecule has 0 radical (unpaired) electrons. The first kappa shape index (κ1) is 13.9. The fourth-order valence-electron chi connectivity index (χ4n) is 1.90. The summed E-state index contributed by atoms with van der Waals surface area (Å²) in [5, 5.41) is 0. The Labute approximate surface area is 122 Å². The molecule has 0 aliphatic rings. The number of benzene rings is 2. The fourth-order valence-corrected chi connectivity index (χ4v) is 2.28. The summed E-state index contributed by atoms with van der Waals surface area (Å²) in [6, 6.07) is 16.2. The van der Waals surface area contributed by atoms with Crippen molar-refractivity contribution in [2.24, 2.45) is 0 Å². The molecule has 0 atom stereocenters. The van der Waals surface area contributed by atoms with Gasteiger partial charge in [-0.25, -0.2) is 0 Å². The van der Waals surface area contributed by atoms with E-state index >= 15 is 0 Å². The van der Waals surface area contributed by atoms with Crippen LogP contribution >= 0.6 is 15.9 Å². The van der Waals surface area contributed by atoms with Crippen molar-refractivity contribution in [1.82, 2.24) is 0 Å².